The average molecular weight is 397 g/mol. The van der Waals surface area contributed by atoms with Crippen molar-refractivity contribution in [2.75, 3.05) is 5.32 Å². The largest absolute Gasteiger partial charge is 0.507 e. The number of anilines is 1. The molecule has 0 bridgehead atoms. The number of phenolic OH excluding ortho intramolecular Hbond substituents is 1. The molecule has 0 saturated heterocycles. The lowest BCUT2D eigenvalue weighted by atomic mass is 10.1. The Morgan fingerprint density at radius 1 is 1.14 bits per heavy atom. The molecule has 108 valence electrons. The van der Waals surface area contributed by atoms with Crippen molar-refractivity contribution in [3.8, 4) is 5.75 Å². The summed E-state index contributed by atoms with van der Waals surface area (Å²) in [6.07, 6.45) is 0. The minimum Gasteiger partial charge on any atom is -0.507 e. The van der Waals surface area contributed by atoms with Crippen LogP contribution >= 0.6 is 22.6 Å². The number of halogens is 1. The van der Waals surface area contributed by atoms with Crippen molar-refractivity contribution in [3.05, 3.63) is 56.7 Å². The van der Waals surface area contributed by atoms with Crippen LogP contribution in [-0.4, -0.2) is 22.1 Å². The molecule has 1 amide bonds. The molecule has 0 aliphatic carbocycles. The number of aryl methyl sites for hydroxylation is 1. The number of aromatic carboxylic acids is 1. The van der Waals surface area contributed by atoms with Gasteiger partial charge in [-0.1, -0.05) is 11.6 Å². The van der Waals surface area contributed by atoms with Crippen LogP contribution in [0.3, 0.4) is 0 Å². The van der Waals surface area contributed by atoms with Crippen LogP contribution in [0.5, 0.6) is 5.75 Å². The molecule has 0 heterocycles. The molecule has 5 nitrogen and oxygen atoms in total. The third-order valence-corrected chi connectivity index (χ3v) is 3.77. The minimum absolute atomic E-state index is 0.00520. The Morgan fingerprint density at radius 2 is 1.86 bits per heavy atom. The van der Waals surface area contributed by atoms with Gasteiger partial charge in [0.2, 0.25) is 0 Å². The number of benzene rings is 2. The summed E-state index contributed by atoms with van der Waals surface area (Å²) in [6, 6.07) is 9.26. The van der Waals surface area contributed by atoms with Crippen molar-refractivity contribution < 1.29 is 19.8 Å². The number of amides is 1. The van der Waals surface area contributed by atoms with Gasteiger partial charge in [-0.15, -0.1) is 0 Å². The number of phenols is 1. The molecule has 0 aliphatic heterocycles. The van der Waals surface area contributed by atoms with E-state index in [0.29, 0.717) is 3.57 Å². The van der Waals surface area contributed by atoms with Crippen LogP contribution in [0.25, 0.3) is 0 Å². The molecular formula is C15H12INO4. The summed E-state index contributed by atoms with van der Waals surface area (Å²) in [5.74, 6) is -1.59. The van der Waals surface area contributed by atoms with Crippen LogP contribution in [0.4, 0.5) is 5.69 Å². The molecule has 2 aromatic carbocycles. The molecule has 2 aromatic rings. The Balaban J connectivity index is 2.31. The fourth-order valence-corrected chi connectivity index (χ4v) is 2.13. The molecule has 0 fully saturated rings. The quantitative estimate of drug-likeness (QED) is 0.695. The number of carboxylic acids is 1. The van der Waals surface area contributed by atoms with E-state index >= 15 is 0 Å². The Kier molecular flexibility index (Phi) is 4.46. The molecule has 3 N–H and O–H groups in total. The normalized spacial score (nSPS) is 10.2. The molecular weight excluding hydrogens is 385 g/mol. The molecule has 0 saturated carbocycles. The zero-order chi connectivity index (χ0) is 15.6. The standard InChI is InChI=1S/C15H12INO4/c1-8-2-5-12(10(6-8)15(20)21)17-14(19)9-3-4-11(16)13(18)7-9/h2-7,18H,1H3,(H,17,19)(H,20,21). The highest BCUT2D eigenvalue weighted by molar-refractivity contribution is 14.1. The summed E-state index contributed by atoms with van der Waals surface area (Å²) < 4.78 is 0.630. The van der Waals surface area contributed by atoms with E-state index in [-0.39, 0.29) is 22.6 Å². The van der Waals surface area contributed by atoms with Gasteiger partial charge in [-0.05, 0) is 59.8 Å². The van der Waals surface area contributed by atoms with E-state index in [1.165, 1.54) is 12.1 Å². The lowest BCUT2D eigenvalue weighted by Gasteiger charge is -2.10. The average Bonchev–Trinajstić information content (AvgIpc) is 2.43. The molecule has 0 radical (unpaired) electrons. The van der Waals surface area contributed by atoms with E-state index in [4.69, 9.17) is 5.11 Å². The second-order valence-electron chi connectivity index (χ2n) is 4.47. The molecule has 0 spiro atoms. The second-order valence-corrected chi connectivity index (χ2v) is 5.64. The zero-order valence-electron chi connectivity index (χ0n) is 11.1. The predicted molar refractivity (Wildman–Crippen MR) is 86.9 cm³/mol. The smallest absolute Gasteiger partial charge is 0.337 e. The lowest BCUT2D eigenvalue weighted by molar-refractivity contribution is 0.0698. The highest BCUT2D eigenvalue weighted by Crippen LogP contribution is 2.22. The maximum atomic E-state index is 12.1. The van der Waals surface area contributed by atoms with Crippen molar-refractivity contribution in [2.24, 2.45) is 0 Å². The highest BCUT2D eigenvalue weighted by Gasteiger charge is 2.14. The molecule has 0 unspecified atom stereocenters. The SMILES string of the molecule is Cc1ccc(NC(=O)c2ccc(I)c(O)c2)c(C(=O)O)c1. The van der Waals surface area contributed by atoms with E-state index in [1.807, 2.05) is 22.6 Å². The van der Waals surface area contributed by atoms with Gasteiger partial charge in [-0.3, -0.25) is 4.79 Å². The van der Waals surface area contributed by atoms with Gasteiger partial charge in [0.1, 0.15) is 5.75 Å². The first-order chi connectivity index (χ1) is 9.88. The fourth-order valence-electron chi connectivity index (χ4n) is 1.79. The van der Waals surface area contributed by atoms with E-state index in [0.717, 1.165) is 5.56 Å². The second kappa shape index (κ2) is 6.13. The van der Waals surface area contributed by atoms with Crippen LogP contribution in [0, 0.1) is 10.5 Å². The van der Waals surface area contributed by atoms with Gasteiger partial charge in [0.25, 0.3) is 5.91 Å². The van der Waals surface area contributed by atoms with E-state index < -0.39 is 11.9 Å². The fraction of sp³-hybridized carbons (Fsp3) is 0.0667. The van der Waals surface area contributed by atoms with Gasteiger partial charge < -0.3 is 15.5 Å². The van der Waals surface area contributed by atoms with Crippen molar-refractivity contribution in [1.29, 1.82) is 0 Å². The Hall–Kier alpha value is -2.09. The van der Waals surface area contributed by atoms with Crippen LogP contribution in [0.1, 0.15) is 26.3 Å². The van der Waals surface area contributed by atoms with Crippen LogP contribution < -0.4 is 5.32 Å². The zero-order valence-corrected chi connectivity index (χ0v) is 13.2. The Bertz CT molecular complexity index is 728. The maximum absolute atomic E-state index is 12.1. The van der Waals surface area contributed by atoms with Gasteiger partial charge >= 0.3 is 5.97 Å². The van der Waals surface area contributed by atoms with E-state index in [2.05, 4.69) is 5.32 Å². The van der Waals surface area contributed by atoms with Crippen LogP contribution in [0.2, 0.25) is 0 Å². The van der Waals surface area contributed by atoms with Gasteiger partial charge in [0, 0.05) is 5.56 Å². The van der Waals surface area contributed by atoms with Gasteiger partial charge in [-0.2, -0.15) is 0 Å². The predicted octanol–water partition coefficient (Wildman–Crippen LogP) is 3.26. The number of hydrogen-bond acceptors (Lipinski definition) is 3. The summed E-state index contributed by atoms with van der Waals surface area (Å²) in [6.45, 7) is 1.77. The molecule has 6 heteroatoms. The number of nitrogens with one attached hydrogen (secondary N) is 1. The first-order valence-corrected chi connectivity index (χ1v) is 7.10. The number of carboxylic acid groups (broad SMARTS) is 1. The third-order valence-electron chi connectivity index (χ3n) is 2.86. The summed E-state index contributed by atoms with van der Waals surface area (Å²) in [5, 5.41) is 21.3. The molecule has 0 aromatic heterocycles. The van der Waals surface area contributed by atoms with Crippen molar-refractivity contribution in [1.82, 2.24) is 0 Å². The van der Waals surface area contributed by atoms with E-state index in [1.54, 1.807) is 31.2 Å². The highest BCUT2D eigenvalue weighted by atomic mass is 127. The number of carbonyl (C=O) groups is 2. The Labute approximate surface area is 134 Å². The third kappa shape index (κ3) is 3.52. The van der Waals surface area contributed by atoms with Crippen molar-refractivity contribution in [3.63, 3.8) is 0 Å². The minimum atomic E-state index is -1.11. The topological polar surface area (TPSA) is 86.6 Å². The number of rotatable bonds is 3. The maximum Gasteiger partial charge on any atom is 0.337 e. The summed E-state index contributed by atoms with van der Waals surface area (Å²) in [7, 11) is 0. The van der Waals surface area contributed by atoms with Crippen molar-refractivity contribution in [2.45, 2.75) is 6.92 Å². The molecule has 2 rings (SSSR count). The number of carbonyl (C=O) groups excluding carboxylic acids is 1. The number of hydrogen-bond donors (Lipinski definition) is 3. The molecule has 0 atom stereocenters. The van der Waals surface area contributed by atoms with Gasteiger partial charge in [0.05, 0.1) is 14.8 Å². The summed E-state index contributed by atoms with van der Waals surface area (Å²) in [4.78, 5) is 23.3. The first kappa shape index (κ1) is 15.3. The first-order valence-electron chi connectivity index (χ1n) is 6.02. The number of aromatic hydroxyl groups is 1. The Morgan fingerprint density at radius 3 is 2.48 bits per heavy atom. The van der Waals surface area contributed by atoms with Gasteiger partial charge in [-0.25, -0.2) is 4.79 Å². The van der Waals surface area contributed by atoms with Crippen molar-refractivity contribution >= 4 is 40.2 Å². The van der Waals surface area contributed by atoms with E-state index in [9.17, 15) is 14.7 Å². The van der Waals surface area contributed by atoms with Crippen LogP contribution in [-0.2, 0) is 0 Å². The molecule has 0 aliphatic rings. The summed E-state index contributed by atoms with van der Waals surface area (Å²) >= 11 is 1.95. The lowest BCUT2D eigenvalue weighted by Crippen LogP contribution is -2.15. The monoisotopic (exact) mass is 397 g/mol. The van der Waals surface area contributed by atoms with Crippen LogP contribution in [0.15, 0.2) is 36.4 Å². The molecule has 21 heavy (non-hydrogen) atoms. The summed E-state index contributed by atoms with van der Waals surface area (Å²) in [5.41, 5.74) is 1.29. The van der Waals surface area contributed by atoms with Gasteiger partial charge in [0.15, 0.2) is 0 Å².